The third kappa shape index (κ3) is 4.79. The number of carbonyl (C=O) groups excluding carboxylic acids is 1. The van der Waals surface area contributed by atoms with Crippen molar-refractivity contribution in [1.29, 1.82) is 0 Å². The molecule has 2 heterocycles. The van der Waals surface area contributed by atoms with Gasteiger partial charge in [0.1, 0.15) is 6.10 Å². The van der Waals surface area contributed by atoms with Gasteiger partial charge in [-0.1, -0.05) is 30.3 Å². The third-order valence-corrected chi connectivity index (χ3v) is 3.99. The number of hydrogen-bond donors (Lipinski definition) is 0. The Morgan fingerprint density at radius 3 is 2.84 bits per heavy atom. The fraction of sp³-hybridized carbons (Fsp3) is 0.316. The van der Waals surface area contributed by atoms with Crippen molar-refractivity contribution < 1.29 is 14.3 Å². The molecule has 6 heteroatoms. The van der Waals surface area contributed by atoms with Crippen LogP contribution in [0.4, 0.5) is 0 Å². The molecular weight excluding hydrogens is 318 g/mol. The molecule has 1 atom stereocenters. The molecule has 25 heavy (non-hydrogen) atoms. The SMILES string of the molecule is COc1cncc(OC2CCCN(C(=O)/C=C/c3ccccc3)C2)n1. The first-order chi connectivity index (χ1) is 12.2. The maximum absolute atomic E-state index is 12.4. The van der Waals surface area contributed by atoms with Crippen LogP contribution in [0.1, 0.15) is 18.4 Å². The number of rotatable bonds is 5. The van der Waals surface area contributed by atoms with Crippen LogP contribution in [0.2, 0.25) is 0 Å². The van der Waals surface area contributed by atoms with Crippen LogP contribution in [0.3, 0.4) is 0 Å². The van der Waals surface area contributed by atoms with Gasteiger partial charge in [-0.2, -0.15) is 4.98 Å². The van der Waals surface area contributed by atoms with Crippen molar-refractivity contribution in [2.75, 3.05) is 20.2 Å². The largest absolute Gasteiger partial charge is 0.480 e. The molecule has 0 saturated carbocycles. The quantitative estimate of drug-likeness (QED) is 0.784. The fourth-order valence-electron chi connectivity index (χ4n) is 2.73. The van der Waals surface area contributed by atoms with E-state index in [4.69, 9.17) is 9.47 Å². The molecule has 1 aromatic carbocycles. The van der Waals surface area contributed by atoms with Crippen molar-refractivity contribution in [2.45, 2.75) is 18.9 Å². The highest BCUT2D eigenvalue weighted by Gasteiger charge is 2.24. The smallest absolute Gasteiger partial charge is 0.246 e. The fourth-order valence-corrected chi connectivity index (χ4v) is 2.73. The summed E-state index contributed by atoms with van der Waals surface area (Å²) in [5.41, 5.74) is 1.01. The molecular formula is C19H21N3O3. The van der Waals surface area contributed by atoms with Crippen LogP contribution < -0.4 is 9.47 Å². The zero-order valence-corrected chi connectivity index (χ0v) is 14.2. The Labute approximate surface area is 147 Å². The van der Waals surface area contributed by atoms with Crippen molar-refractivity contribution in [1.82, 2.24) is 14.9 Å². The predicted octanol–water partition coefficient (Wildman–Crippen LogP) is 2.57. The van der Waals surface area contributed by atoms with Crippen LogP contribution in [-0.2, 0) is 4.79 Å². The molecule has 0 spiro atoms. The highest BCUT2D eigenvalue weighted by Crippen LogP contribution is 2.18. The molecule has 1 fully saturated rings. The lowest BCUT2D eigenvalue weighted by atomic mass is 10.1. The van der Waals surface area contributed by atoms with Gasteiger partial charge in [0, 0.05) is 12.6 Å². The molecule has 2 aromatic rings. The van der Waals surface area contributed by atoms with E-state index in [2.05, 4.69) is 9.97 Å². The van der Waals surface area contributed by atoms with Gasteiger partial charge in [-0.05, 0) is 24.5 Å². The Bertz CT molecular complexity index is 734. The van der Waals surface area contributed by atoms with Crippen LogP contribution in [0.25, 0.3) is 6.08 Å². The first kappa shape index (κ1) is 17.0. The molecule has 6 nitrogen and oxygen atoms in total. The van der Waals surface area contributed by atoms with E-state index in [1.165, 1.54) is 13.3 Å². The summed E-state index contributed by atoms with van der Waals surface area (Å²) in [5, 5.41) is 0. The van der Waals surface area contributed by atoms with Gasteiger partial charge in [0.25, 0.3) is 0 Å². The molecule has 3 rings (SSSR count). The number of piperidine rings is 1. The minimum Gasteiger partial charge on any atom is -0.480 e. The molecule has 130 valence electrons. The summed E-state index contributed by atoms with van der Waals surface area (Å²) in [5.74, 6) is 0.819. The minimum atomic E-state index is -0.0933. The van der Waals surface area contributed by atoms with Crippen molar-refractivity contribution in [3.63, 3.8) is 0 Å². The molecule has 0 radical (unpaired) electrons. The van der Waals surface area contributed by atoms with Gasteiger partial charge < -0.3 is 14.4 Å². The average molecular weight is 339 g/mol. The summed E-state index contributed by atoms with van der Waals surface area (Å²) in [4.78, 5) is 22.5. The molecule has 0 N–H and O–H groups in total. The molecule has 1 aliphatic rings. The van der Waals surface area contributed by atoms with Gasteiger partial charge in [0.05, 0.1) is 26.0 Å². The van der Waals surface area contributed by atoms with Gasteiger partial charge in [-0.15, -0.1) is 0 Å². The number of aromatic nitrogens is 2. The van der Waals surface area contributed by atoms with Gasteiger partial charge in [-0.25, -0.2) is 0 Å². The summed E-state index contributed by atoms with van der Waals surface area (Å²) in [6.07, 6.45) is 8.21. The Hall–Kier alpha value is -2.89. The van der Waals surface area contributed by atoms with Gasteiger partial charge >= 0.3 is 0 Å². The second-order valence-corrected chi connectivity index (χ2v) is 5.81. The molecule has 1 aromatic heterocycles. The van der Waals surface area contributed by atoms with Gasteiger partial charge in [-0.3, -0.25) is 9.78 Å². The number of likely N-dealkylation sites (tertiary alicyclic amines) is 1. The van der Waals surface area contributed by atoms with Gasteiger partial charge in [0.2, 0.25) is 17.7 Å². The number of benzene rings is 1. The van der Waals surface area contributed by atoms with Crippen LogP contribution in [0.5, 0.6) is 11.8 Å². The standard InChI is InChI=1S/C19H21N3O3/c1-24-17-12-20-13-18(21-17)25-16-8-5-11-22(14-16)19(23)10-9-15-6-3-2-4-7-15/h2-4,6-7,9-10,12-13,16H,5,8,11,14H2,1H3/b10-9+. The Balaban J connectivity index is 1.58. The zero-order chi connectivity index (χ0) is 17.5. The van der Waals surface area contributed by atoms with Crippen molar-refractivity contribution >= 4 is 12.0 Å². The summed E-state index contributed by atoms with van der Waals surface area (Å²) in [7, 11) is 1.54. The van der Waals surface area contributed by atoms with E-state index in [1.807, 2.05) is 36.4 Å². The summed E-state index contributed by atoms with van der Waals surface area (Å²) in [6.45, 7) is 1.28. The summed E-state index contributed by atoms with van der Waals surface area (Å²) >= 11 is 0. The highest BCUT2D eigenvalue weighted by atomic mass is 16.5. The third-order valence-electron chi connectivity index (χ3n) is 3.99. The van der Waals surface area contributed by atoms with Crippen molar-refractivity contribution in [3.8, 4) is 11.8 Å². The summed E-state index contributed by atoms with van der Waals surface area (Å²) in [6, 6.07) is 9.78. The average Bonchev–Trinajstić information content (AvgIpc) is 2.67. The predicted molar refractivity (Wildman–Crippen MR) is 94.3 cm³/mol. The number of methoxy groups -OCH3 is 1. The number of nitrogens with zero attached hydrogens (tertiary/aromatic N) is 3. The number of amides is 1. The van der Waals surface area contributed by atoms with E-state index in [1.54, 1.807) is 17.2 Å². The zero-order valence-electron chi connectivity index (χ0n) is 14.2. The normalized spacial score (nSPS) is 17.5. The van der Waals surface area contributed by atoms with Crippen LogP contribution in [0.15, 0.2) is 48.8 Å². The number of ether oxygens (including phenoxy) is 2. The molecule has 0 bridgehead atoms. The molecule has 0 aliphatic carbocycles. The highest BCUT2D eigenvalue weighted by molar-refractivity contribution is 5.91. The Morgan fingerprint density at radius 1 is 1.24 bits per heavy atom. The van der Waals surface area contributed by atoms with E-state index in [0.29, 0.717) is 18.3 Å². The van der Waals surface area contributed by atoms with Crippen LogP contribution >= 0.6 is 0 Å². The molecule has 1 amide bonds. The van der Waals surface area contributed by atoms with E-state index >= 15 is 0 Å². The maximum atomic E-state index is 12.4. The number of hydrogen-bond acceptors (Lipinski definition) is 5. The molecule has 1 aliphatic heterocycles. The van der Waals surface area contributed by atoms with E-state index in [-0.39, 0.29) is 12.0 Å². The topological polar surface area (TPSA) is 64.6 Å². The van der Waals surface area contributed by atoms with E-state index in [9.17, 15) is 4.79 Å². The molecule has 1 unspecified atom stereocenters. The van der Waals surface area contributed by atoms with Crippen molar-refractivity contribution in [2.24, 2.45) is 0 Å². The first-order valence-corrected chi connectivity index (χ1v) is 8.29. The molecule has 1 saturated heterocycles. The lowest BCUT2D eigenvalue weighted by molar-refractivity contribution is -0.128. The minimum absolute atomic E-state index is 0.00567. The maximum Gasteiger partial charge on any atom is 0.246 e. The van der Waals surface area contributed by atoms with E-state index in [0.717, 1.165) is 24.9 Å². The van der Waals surface area contributed by atoms with Crippen molar-refractivity contribution in [3.05, 3.63) is 54.4 Å². The lowest BCUT2D eigenvalue weighted by Gasteiger charge is -2.31. The van der Waals surface area contributed by atoms with E-state index < -0.39 is 0 Å². The second-order valence-electron chi connectivity index (χ2n) is 5.81. The lowest BCUT2D eigenvalue weighted by Crippen LogP contribution is -2.43. The Kier molecular flexibility index (Phi) is 5.61. The Morgan fingerprint density at radius 2 is 2.04 bits per heavy atom. The van der Waals surface area contributed by atoms with Gasteiger partial charge in [0.15, 0.2) is 0 Å². The monoisotopic (exact) mass is 339 g/mol. The first-order valence-electron chi connectivity index (χ1n) is 8.29. The van der Waals surface area contributed by atoms with Crippen LogP contribution in [0, 0.1) is 0 Å². The summed E-state index contributed by atoms with van der Waals surface area (Å²) < 4.78 is 10.9. The number of carbonyl (C=O) groups is 1. The second kappa shape index (κ2) is 8.28. The van der Waals surface area contributed by atoms with Crippen LogP contribution in [-0.4, -0.2) is 47.1 Å².